The first-order valence-corrected chi connectivity index (χ1v) is 3.53. The van der Waals surface area contributed by atoms with Crippen LogP contribution in [0.1, 0.15) is 26.7 Å². The fraction of sp³-hybridized carbons (Fsp3) is 0.571. The highest BCUT2D eigenvalue weighted by Crippen LogP contribution is 1.97. The molecule has 5 heteroatoms. The molecule has 0 aliphatic heterocycles. The quantitative estimate of drug-likeness (QED) is 0.345. The Morgan fingerprint density at radius 3 is 2.50 bits per heavy atom. The highest BCUT2D eigenvalue weighted by molar-refractivity contribution is 5.78. The summed E-state index contributed by atoms with van der Waals surface area (Å²) in [5, 5.41) is 8.74. The molecule has 0 aromatic heterocycles. The van der Waals surface area contributed by atoms with Crippen LogP contribution in [0.25, 0.3) is 0 Å². The van der Waals surface area contributed by atoms with Gasteiger partial charge < -0.3 is 4.84 Å². The van der Waals surface area contributed by atoms with Gasteiger partial charge in [0, 0.05) is 13.3 Å². The zero-order valence-corrected chi connectivity index (χ0v) is 7.03. The Bertz CT molecular complexity index is 219. The summed E-state index contributed by atoms with van der Waals surface area (Å²) >= 11 is 0. The summed E-state index contributed by atoms with van der Waals surface area (Å²) in [7, 11) is 0. The number of rotatable bonds is 2. The lowest BCUT2D eigenvalue weighted by Gasteiger charge is -2.09. The minimum Gasteiger partial charge on any atom is -0.324 e. The van der Waals surface area contributed by atoms with Crippen LogP contribution in [0.3, 0.4) is 0 Å². The summed E-state index contributed by atoms with van der Waals surface area (Å²) in [4.78, 5) is 25.6. The molecule has 0 bridgehead atoms. The third-order valence-electron chi connectivity index (χ3n) is 1.00. The largest absolute Gasteiger partial charge is 0.331 e. The van der Waals surface area contributed by atoms with Gasteiger partial charge in [-0.1, -0.05) is 12.0 Å². The van der Waals surface area contributed by atoms with Gasteiger partial charge in [0.15, 0.2) is 0 Å². The Kier molecular flexibility index (Phi) is 4.46. The van der Waals surface area contributed by atoms with Gasteiger partial charge in [0.2, 0.25) is 6.19 Å². The Labute approximate surface area is 70.5 Å². The number of hydroxylamine groups is 2. The van der Waals surface area contributed by atoms with Crippen LogP contribution in [0.2, 0.25) is 0 Å². The maximum Gasteiger partial charge on any atom is 0.331 e. The molecule has 0 atom stereocenters. The Balaban J connectivity index is 4.08. The highest BCUT2D eigenvalue weighted by Gasteiger charge is 2.14. The Morgan fingerprint density at radius 2 is 2.17 bits per heavy atom. The molecule has 0 radical (unpaired) electrons. The average molecular weight is 170 g/mol. The van der Waals surface area contributed by atoms with Crippen LogP contribution in [-0.2, 0) is 14.4 Å². The zero-order chi connectivity index (χ0) is 9.56. The molecule has 12 heavy (non-hydrogen) atoms. The summed E-state index contributed by atoms with van der Waals surface area (Å²) < 4.78 is 0. The summed E-state index contributed by atoms with van der Waals surface area (Å²) in [6.45, 7) is 2.92. The first-order valence-electron chi connectivity index (χ1n) is 3.53. The number of carbonyl (C=O) groups is 2. The van der Waals surface area contributed by atoms with Gasteiger partial charge in [-0.25, -0.2) is 4.79 Å². The van der Waals surface area contributed by atoms with E-state index in [0.29, 0.717) is 11.5 Å². The minimum absolute atomic E-state index is 0.195. The van der Waals surface area contributed by atoms with Crippen molar-refractivity contribution in [2.75, 3.05) is 0 Å². The van der Waals surface area contributed by atoms with E-state index in [1.807, 2.05) is 0 Å². The molecule has 0 unspecified atom stereocenters. The van der Waals surface area contributed by atoms with Crippen molar-refractivity contribution in [3.63, 3.8) is 0 Å². The van der Waals surface area contributed by atoms with Crippen molar-refractivity contribution in [2.24, 2.45) is 0 Å². The standard InChI is InChI=1S/C7H10N2O3/c1-3-4-7(11)9(5-8)12-6(2)10/h3-4H2,1-2H3. The van der Waals surface area contributed by atoms with Gasteiger partial charge >= 0.3 is 5.97 Å². The topological polar surface area (TPSA) is 70.4 Å². The molecule has 0 aromatic carbocycles. The molecule has 0 aliphatic carbocycles. The first-order chi connectivity index (χ1) is 5.61. The van der Waals surface area contributed by atoms with Gasteiger partial charge in [0.05, 0.1) is 0 Å². The van der Waals surface area contributed by atoms with Crippen LogP contribution < -0.4 is 0 Å². The maximum atomic E-state index is 10.9. The van der Waals surface area contributed by atoms with Crippen molar-refractivity contribution in [1.82, 2.24) is 5.06 Å². The summed E-state index contributed by atoms with van der Waals surface area (Å²) in [5.41, 5.74) is 0. The first kappa shape index (κ1) is 10.4. The number of nitriles is 1. The molecule has 0 spiro atoms. The van der Waals surface area contributed by atoms with E-state index in [4.69, 9.17) is 5.26 Å². The minimum atomic E-state index is -0.680. The van der Waals surface area contributed by atoms with Crippen LogP contribution in [-0.4, -0.2) is 16.9 Å². The van der Waals surface area contributed by atoms with E-state index in [1.54, 1.807) is 6.92 Å². The van der Waals surface area contributed by atoms with Crippen LogP contribution >= 0.6 is 0 Å². The van der Waals surface area contributed by atoms with E-state index in [0.717, 1.165) is 6.92 Å². The highest BCUT2D eigenvalue weighted by atomic mass is 16.7. The molecule has 5 nitrogen and oxygen atoms in total. The van der Waals surface area contributed by atoms with Gasteiger partial charge in [-0.05, 0) is 6.42 Å². The third kappa shape index (κ3) is 3.56. The van der Waals surface area contributed by atoms with E-state index < -0.39 is 11.9 Å². The van der Waals surface area contributed by atoms with Crippen molar-refractivity contribution in [3.05, 3.63) is 0 Å². The summed E-state index contributed by atoms with van der Waals surface area (Å²) in [6, 6.07) is 0. The number of nitrogens with zero attached hydrogens (tertiary/aromatic N) is 2. The summed E-state index contributed by atoms with van der Waals surface area (Å²) in [5.74, 6) is -1.18. The fourth-order valence-corrected chi connectivity index (χ4v) is 0.571. The molecule has 1 amide bonds. The number of amides is 1. The normalized spacial score (nSPS) is 8.42. The second kappa shape index (κ2) is 5.13. The van der Waals surface area contributed by atoms with Crippen molar-refractivity contribution in [2.45, 2.75) is 26.7 Å². The Hall–Kier alpha value is -1.57. The zero-order valence-electron chi connectivity index (χ0n) is 7.03. The van der Waals surface area contributed by atoms with Crippen molar-refractivity contribution >= 4 is 11.9 Å². The van der Waals surface area contributed by atoms with Crippen LogP contribution in [0.5, 0.6) is 0 Å². The van der Waals surface area contributed by atoms with Gasteiger partial charge in [-0.2, -0.15) is 5.26 Å². The van der Waals surface area contributed by atoms with Crippen LogP contribution in [0.4, 0.5) is 0 Å². The van der Waals surface area contributed by atoms with Crippen LogP contribution in [0, 0.1) is 11.5 Å². The van der Waals surface area contributed by atoms with E-state index in [9.17, 15) is 9.59 Å². The van der Waals surface area contributed by atoms with Gasteiger partial charge in [0.25, 0.3) is 5.91 Å². The number of hydrogen-bond acceptors (Lipinski definition) is 4. The molecule has 0 saturated heterocycles. The lowest BCUT2D eigenvalue weighted by molar-refractivity contribution is -0.183. The molecule has 0 N–H and O–H groups in total. The van der Waals surface area contributed by atoms with Crippen LogP contribution in [0.15, 0.2) is 0 Å². The van der Waals surface area contributed by atoms with E-state index in [-0.39, 0.29) is 6.42 Å². The second-order valence-electron chi connectivity index (χ2n) is 2.12. The molecular weight excluding hydrogens is 160 g/mol. The SMILES string of the molecule is CCCC(=O)N(C#N)OC(C)=O. The molecular formula is C7H10N2O3. The molecule has 0 saturated carbocycles. The van der Waals surface area contributed by atoms with Crippen molar-refractivity contribution in [3.8, 4) is 6.19 Å². The number of hydrogen-bond donors (Lipinski definition) is 0. The monoisotopic (exact) mass is 170 g/mol. The van der Waals surface area contributed by atoms with Crippen molar-refractivity contribution in [1.29, 1.82) is 5.26 Å². The molecule has 0 heterocycles. The van der Waals surface area contributed by atoms with E-state index in [1.165, 1.54) is 6.19 Å². The smallest absolute Gasteiger partial charge is 0.324 e. The van der Waals surface area contributed by atoms with E-state index in [2.05, 4.69) is 4.84 Å². The lowest BCUT2D eigenvalue weighted by Crippen LogP contribution is -2.27. The van der Waals surface area contributed by atoms with Gasteiger partial charge in [-0.15, -0.1) is 0 Å². The molecule has 0 aromatic rings. The molecule has 66 valence electrons. The maximum absolute atomic E-state index is 10.9. The summed E-state index contributed by atoms with van der Waals surface area (Å²) in [6.07, 6.45) is 2.26. The average Bonchev–Trinajstić information content (AvgIpc) is 2.00. The third-order valence-corrected chi connectivity index (χ3v) is 1.00. The number of carbonyl (C=O) groups excluding carboxylic acids is 2. The lowest BCUT2D eigenvalue weighted by atomic mass is 10.3. The molecule has 0 rings (SSSR count). The predicted molar refractivity (Wildman–Crippen MR) is 39.1 cm³/mol. The van der Waals surface area contributed by atoms with Gasteiger partial charge in [-0.3, -0.25) is 4.79 Å². The predicted octanol–water partition coefficient (Wildman–Crippen LogP) is 0.574. The van der Waals surface area contributed by atoms with Crippen molar-refractivity contribution < 1.29 is 14.4 Å². The Morgan fingerprint density at radius 1 is 1.58 bits per heavy atom. The molecule has 0 aliphatic rings. The van der Waals surface area contributed by atoms with E-state index >= 15 is 0 Å². The fourth-order valence-electron chi connectivity index (χ4n) is 0.571. The second-order valence-corrected chi connectivity index (χ2v) is 2.12. The molecule has 0 fully saturated rings. The van der Waals surface area contributed by atoms with Gasteiger partial charge in [0.1, 0.15) is 0 Å².